The van der Waals surface area contributed by atoms with Crippen molar-refractivity contribution in [1.82, 2.24) is 0 Å². The van der Waals surface area contributed by atoms with Gasteiger partial charge in [0.05, 0.1) is 0 Å². The van der Waals surface area contributed by atoms with E-state index in [1.165, 1.54) is 35.4 Å². The van der Waals surface area contributed by atoms with E-state index >= 15 is 0 Å². The zero-order chi connectivity index (χ0) is 9.26. The lowest BCUT2D eigenvalue weighted by Crippen LogP contribution is -2.17. The highest BCUT2D eigenvalue weighted by Crippen LogP contribution is 2.36. The molecule has 72 valence electrons. The van der Waals surface area contributed by atoms with Crippen molar-refractivity contribution in [3.05, 3.63) is 21.9 Å². The van der Waals surface area contributed by atoms with Crippen molar-refractivity contribution >= 4 is 11.3 Å². The van der Waals surface area contributed by atoms with Crippen LogP contribution in [-0.4, -0.2) is 0 Å². The molecule has 0 spiro atoms. The smallest absolute Gasteiger partial charge is 0.0418 e. The molecule has 13 heavy (non-hydrogen) atoms. The maximum absolute atomic E-state index is 6.22. The number of hydrogen-bond acceptors (Lipinski definition) is 2. The number of hydrogen-bond donors (Lipinski definition) is 1. The van der Waals surface area contributed by atoms with Crippen molar-refractivity contribution in [2.24, 2.45) is 11.7 Å². The molecule has 0 bridgehead atoms. The van der Waals surface area contributed by atoms with Gasteiger partial charge in [-0.1, -0.05) is 12.8 Å². The minimum absolute atomic E-state index is 0.307. The Morgan fingerprint density at radius 1 is 1.38 bits per heavy atom. The molecule has 1 fully saturated rings. The van der Waals surface area contributed by atoms with Gasteiger partial charge in [-0.25, -0.2) is 0 Å². The molecule has 0 saturated heterocycles. The fourth-order valence-corrected chi connectivity index (χ4v) is 3.15. The summed E-state index contributed by atoms with van der Waals surface area (Å²) in [4.78, 5) is 2.76. The van der Waals surface area contributed by atoms with Gasteiger partial charge in [-0.15, -0.1) is 11.3 Å². The van der Waals surface area contributed by atoms with E-state index in [9.17, 15) is 0 Å². The van der Waals surface area contributed by atoms with Gasteiger partial charge in [0.2, 0.25) is 0 Å². The quantitative estimate of drug-likeness (QED) is 0.770. The monoisotopic (exact) mass is 195 g/mol. The average molecular weight is 195 g/mol. The summed E-state index contributed by atoms with van der Waals surface area (Å²) in [7, 11) is 0. The Balaban J connectivity index is 2.07. The summed E-state index contributed by atoms with van der Waals surface area (Å²) < 4.78 is 0. The second-order valence-electron chi connectivity index (χ2n) is 4.02. The third-order valence-electron chi connectivity index (χ3n) is 3.00. The first-order valence-electron chi connectivity index (χ1n) is 5.09. The van der Waals surface area contributed by atoms with Gasteiger partial charge >= 0.3 is 0 Å². The first-order valence-corrected chi connectivity index (χ1v) is 5.91. The summed E-state index contributed by atoms with van der Waals surface area (Å²) in [6.07, 6.45) is 5.42. The predicted octanol–water partition coefficient (Wildman–Crippen LogP) is 3.25. The van der Waals surface area contributed by atoms with Crippen LogP contribution in [0.3, 0.4) is 0 Å². The molecular weight excluding hydrogens is 178 g/mol. The molecule has 0 unspecified atom stereocenters. The van der Waals surface area contributed by atoms with Crippen LogP contribution < -0.4 is 5.73 Å². The summed E-state index contributed by atoms with van der Waals surface area (Å²) in [6.45, 7) is 2.15. The van der Waals surface area contributed by atoms with Gasteiger partial charge in [-0.2, -0.15) is 0 Å². The van der Waals surface area contributed by atoms with Crippen LogP contribution >= 0.6 is 11.3 Å². The fraction of sp³-hybridized carbons (Fsp3) is 0.636. The molecule has 1 aromatic heterocycles. The van der Waals surface area contributed by atoms with Crippen molar-refractivity contribution in [2.45, 2.75) is 38.6 Å². The van der Waals surface area contributed by atoms with Crippen LogP contribution in [0.1, 0.15) is 41.5 Å². The molecule has 1 aliphatic rings. The Bertz CT molecular complexity index is 273. The van der Waals surface area contributed by atoms with Gasteiger partial charge < -0.3 is 5.73 Å². The van der Waals surface area contributed by atoms with Gasteiger partial charge in [0.15, 0.2) is 0 Å². The summed E-state index contributed by atoms with van der Waals surface area (Å²) in [5, 5.41) is 0. The Kier molecular flexibility index (Phi) is 2.70. The van der Waals surface area contributed by atoms with Gasteiger partial charge in [0.25, 0.3) is 0 Å². The molecule has 1 saturated carbocycles. The fourth-order valence-electron chi connectivity index (χ4n) is 2.18. The van der Waals surface area contributed by atoms with E-state index < -0.39 is 0 Å². The van der Waals surface area contributed by atoms with Crippen LogP contribution in [-0.2, 0) is 0 Å². The van der Waals surface area contributed by atoms with E-state index in [1.54, 1.807) is 0 Å². The zero-order valence-electron chi connectivity index (χ0n) is 8.12. The molecular formula is C11H17NS. The Hall–Kier alpha value is -0.340. The molecule has 2 heteroatoms. The van der Waals surface area contributed by atoms with E-state index in [0.717, 1.165) is 5.92 Å². The maximum Gasteiger partial charge on any atom is 0.0418 e. The number of thiophene rings is 1. The van der Waals surface area contributed by atoms with E-state index in [4.69, 9.17) is 5.73 Å². The lowest BCUT2D eigenvalue weighted by Gasteiger charge is -2.16. The van der Waals surface area contributed by atoms with Crippen molar-refractivity contribution in [3.8, 4) is 0 Å². The third-order valence-corrected chi connectivity index (χ3v) is 4.10. The lowest BCUT2D eigenvalue weighted by atomic mass is 9.98. The van der Waals surface area contributed by atoms with Crippen LogP contribution in [0, 0.1) is 12.8 Å². The van der Waals surface area contributed by atoms with Crippen LogP contribution in [0.2, 0.25) is 0 Å². The highest BCUT2D eigenvalue weighted by Gasteiger charge is 2.23. The highest BCUT2D eigenvalue weighted by atomic mass is 32.1. The standard InChI is InChI=1S/C11H17NS/c1-8-6-7-10(13-8)11(12)9-4-2-3-5-9/h6-7,9,11H,2-5,12H2,1H3/t11-/m0/s1. The topological polar surface area (TPSA) is 26.0 Å². The second-order valence-corrected chi connectivity index (χ2v) is 5.34. The van der Waals surface area contributed by atoms with E-state index in [-0.39, 0.29) is 0 Å². The molecule has 1 heterocycles. The first-order chi connectivity index (χ1) is 6.27. The normalized spacial score (nSPS) is 20.8. The molecule has 2 N–H and O–H groups in total. The molecule has 0 aliphatic heterocycles. The van der Waals surface area contributed by atoms with Crippen molar-refractivity contribution in [3.63, 3.8) is 0 Å². The van der Waals surface area contributed by atoms with Crippen molar-refractivity contribution in [1.29, 1.82) is 0 Å². The molecule has 1 atom stereocenters. The van der Waals surface area contributed by atoms with Crippen LogP contribution in [0.5, 0.6) is 0 Å². The second kappa shape index (κ2) is 3.81. The Morgan fingerprint density at radius 2 is 2.08 bits per heavy atom. The minimum Gasteiger partial charge on any atom is -0.323 e. The van der Waals surface area contributed by atoms with Gasteiger partial charge in [0, 0.05) is 15.8 Å². The van der Waals surface area contributed by atoms with Gasteiger partial charge in [0.1, 0.15) is 0 Å². The molecule has 0 aromatic carbocycles. The van der Waals surface area contributed by atoms with E-state index in [0.29, 0.717) is 6.04 Å². The van der Waals surface area contributed by atoms with Crippen LogP contribution in [0.15, 0.2) is 12.1 Å². The number of nitrogens with two attached hydrogens (primary N) is 1. The number of rotatable bonds is 2. The maximum atomic E-state index is 6.22. The average Bonchev–Trinajstić information content (AvgIpc) is 2.72. The molecule has 1 nitrogen and oxygen atoms in total. The summed E-state index contributed by atoms with van der Waals surface area (Å²) in [6, 6.07) is 4.68. The Labute approximate surface area is 84.0 Å². The third kappa shape index (κ3) is 1.94. The summed E-state index contributed by atoms with van der Waals surface area (Å²) in [5.41, 5.74) is 6.22. The van der Waals surface area contributed by atoms with Gasteiger partial charge in [-0.05, 0) is 37.8 Å². The van der Waals surface area contributed by atoms with Crippen LogP contribution in [0.4, 0.5) is 0 Å². The molecule has 1 aromatic rings. The summed E-state index contributed by atoms with van der Waals surface area (Å²) >= 11 is 1.86. The lowest BCUT2D eigenvalue weighted by molar-refractivity contribution is 0.450. The minimum atomic E-state index is 0.307. The van der Waals surface area contributed by atoms with Crippen molar-refractivity contribution in [2.75, 3.05) is 0 Å². The highest BCUT2D eigenvalue weighted by molar-refractivity contribution is 7.12. The van der Waals surface area contributed by atoms with Crippen molar-refractivity contribution < 1.29 is 0 Å². The van der Waals surface area contributed by atoms with Crippen LogP contribution in [0.25, 0.3) is 0 Å². The molecule has 0 amide bonds. The predicted molar refractivity (Wildman–Crippen MR) is 57.9 cm³/mol. The first kappa shape index (κ1) is 9.22. The molecule has 1 aliphatic carbocycles. The Morgan fingerprint density at radius 3 is 2.62 bits per heavy atom. The SMILES string of the molecule is Cc1ccc([C@@H](N)C2CCCC2)s1. The van der Waals surface area contributed by atoms with E-state index in [2.05, 4.69) is 19.1 Å². The molecule has 0 radical (unpaired) electrons. The summed E-state index contributed by atoms with van der Waals surface area (Å²) in [5.74, 6) is 0.748. The van der Waals surface area contributed by atoms with Gasteiger partial charge in [-0.3, -0.25) is 0 Å². The van der Waals surface area contributed by atoms with E-state index in [1.807, 2.05) is 11.3 Å². The zero-order valence-corrected chi connectivity index (χ0v) is 8.94. The largest absolute Gasteiger partial charge is 0.323 e. The number of aryl methyl sites for hydroxylation is 1. The molecule has 2 rings (SSSR count).